The van der Waals surface area contributed by atoms with Crippen LogP contribution < -0.4 is 16.0 Å². The molecule has 1 aliphatic heterocycles. The molecule has 10 heteroatoms. The van der Waals surface area contributed by atoms with Crippen LogP contribution >= 0.6 is 11.8 Å². The third-order valence-electron chi connectivity index (χ3n) is 5.18. The van der Waals surface area contributed by atoms with Gasteiger partial charge in [-0.1, -0.05) is 41.2 Å². The molecule has 1 aromatic carbocycles. The maximum absolute atomic E-state index is 13.4. The van der Waals surface area contributed by atoms with Crippen molar-refractivity contribution in [3.63, 3.8) is 0 Å². The fourth-order valence-electron chi connectivity index (χ4n) is 3.67. The Balaban J connectivity index is 1.61. The van der Waals surface area contributed by atoms with Gasteiger partial charge in [0, 0.05) is 35.4 Å². The van der Waals surface area contributed by atoms with E-state index in [9.17, 15) is 14.9 Å². The van der Waals surface area contributed by atoms with E-state index in [1.807, 2.05) is 24.3 Å². The Bertz CT molecular complexity index is 1340. The van der Waals surface area contributed by atoms with Crippen molar-refractivity contribution in [3.05, 3.63) is 94.1 Å². The average Bonchev–Trinajstić information content (AvgIpc) is 3.27. The highest BCUT2D eigenvalue weighted by Crippen LogP contribution is 2.40. The molecule has 0 aliphatic carbocycles. The number of amides is 2. The number of hydrogen-bond donors (Lipinski definition) is 3. The fraction of sp³-hybridized carbons (Fsp3) is 0.160. The number of nitrogens with one attached hydrogen (secondary N) is 3. The standard InChI is InChI=1S/C25H22N6O3S/c1-15-11-20(31-34-15)30-21(32)14-35-25-19(12-26)23(17-7-6-10-27-13-17)22(16(2)28-25)24(33)29-18-8-4-3-5-9-18/h3-11,13,23,28H,14H2,1-2H3,(H,29,33)(H,30,31,32)/t23-/m1/s1. The molecule has 2 amide bonds. The lowest BCUT2D eigenvalue weighted by atomic mass is 9.83. The molecular weight excluding hydrogens is 464 g/mol. The number of dihydropyridines is 1. The Morgan fingerprint density at radius 2 is 1.97 bits per heavy atom. The van der Waals surface area contributed by atoms with Gasteiger partial charge in [-0.2, -0.15) is 5.26 Å². The molecule has 0 unspecified atom stereocenters. The molecule has 35 heavy (non-hydrogen) atoms. The molecule has 4 rings (SSSR count). The topological polar surface area (TPSA) is 133 Å². The fourth-order valence-corrected chi connectivity index (χ4v) is 4.56. The van der Waals surface area contributed by atoms with E-state index in [0.29, 0.717) is 44.7 Å². The van der Waals surface area contributed by atoms with Crippen LogP contribution in [0.4, 0.5) is 11.5 Å². The molecule has 0 saturated carbocycles. The van der Waals surface area contributed by atoms with Gasteiger partial charge in [0.2, 0.25) is 5.91 Å². The second kappa shape index (κ2) is 10.7. The number of anilines is 2. The maximum Gasteiger partial charge on any atom is 0.254 e. The Labute approximate surface area is 206 Å². The second-order valence-electron chi connectivity index (χ2n) is 7.72. The Morgan fingerprint density at radius 3 is 2.63 bits per heavy atom. The first-order valence-electron chi connectivity index (χ1n) is 10.7. The van der Waals surface area contributed by atoms with Crippen LogP contribution in [0.15, 0.2) is 87.3 Å². The Kier molecular flexibility index (Phi) is 7.28. The van der Waals surface area contributed by atoms with Crippen LogP contribution in [0.25, 0.3) is 0 Å². The molecule has 9 nitrogen and oxygen atoms in total. The van der Waals surface area contributed by atoms with Crippen molar-refractivity contribution in [2.24, 2.45) is 0 Å². The number of aryl methyl sites for hydroxylation is 1. The summed E-state index contributed by atoms with van der Waals surface area (Å²) in [5.41, 5.74) is 2.66. The van der Waals surface area contributed by atoms with Crippen molar-refractivity contribution >= 4 is 35.1 Å². The van der Waals surface area contributed by atoms with Gasteiger partial charge < -0.3 is 20.5 Å². The molecule has 1 atom stereocenters. The zero-order valence-corrected chi connectivity index (χ0v) is 19.8. The number of allylic oxidation sites excluding steroid dienone is 2. The minimum Gasteiger partial charge on any atom is -0.360 e. The second-order valence-corrected chi connectivity index (χ2v) is 8.70. The van der Waals surface area contributed by atoms with Crippen molar-refractivity contribution in [2.75, 3.05) is 16.4 Å². The lowest BCUT2D eigenvalue weighted by Gasteiger charge is -2.29. The number of benzene rings is 1. The van der Waals surface area contributed by atoms with E-state index in [0.717, 1.165) is 0 Å². The SMILES string of the molecule is CC1=C(C(=O)Nc2ccccc2)[C@H](c2cccnc2)C(C#N)=C(SCC(=O)Nc2cc(C)on2)N1. The number of hydrogen-bond acceptors (Lipinski definition) is 8. The van der Waals surface area contributed by atoms with Crippen molar-refractivity contribution in [1.82, 2.24) is 15.5 Å². The molecule has 0 radical (unpaired) electrons. The van der Waals surface area contributed by atoms with E-state index in [1.54, 1.807) is 50.5 Å². The Morgan fingerprint density at radius 1 is 1.17 bits per heavy atom. The van der Waals surface area contributed by atoms with Crippen LogP contribution in [0.3, 0.4) is 0 Å². The van der Waals surface area contributed by atoms with Gasteiger partial charge in [-0.25, -0.2) is 0 Å². The minimum absolute atomic E-state index is 0.0258. The number of para-hydroxylation sites is 1. The third-order valence-corrected chi connectivity index (χ3v) is 6.20. The highest BCUT2D eigenvalue weighted by molar-refractivity contribution is 8.03. The first kappa shape index (κ1) is 23.8. The van der Waals surface area contributed by atoms with Crippen molar-refractivity contribution in [1.29, 1.82) is 5.26 Å². The van der Waals surface area contributed by atoms with Gasteiger partial charge in [0.1, 0.15) is 5.76 Å². The number of nitriles is 1. The van der Waals surface area contributed by atoms with E-state index in [2.05, 4.69) is 32.2 Å². The third kappa shape index (κ3) is 5.59. The number of rotatable bonds is 7. The van der Waals surface area contributed by atoms with E-state index in [1.165, 1.54) is 11.8 Å². The summed E-state index contributed by atoms with van der Waals surface area (Å²) in [4.78, 5) is 30.0. The van der Waals surface area contributed by atoms with Gasteiger partial charge in [0.25, 0.3) is 5.91 Å². The van der Waals surface area contributed by atoms with Crippen LogP contribution in [0.5, 0.6) is 0 Å². The van der Waals surface area contributed by atoms with Gasteiger partial charge in [0.05, 0.1) is 28.3 Å². The molecule has 176 valence electrons. The smallest absolute Gasteiger partial charge is 0.254 e. The summed E-state index contributed by atoms with van der Waals surface area (Å²) in [6.07, 6.45) is 3.27. The van der Waals surface area contributed by atoms with Crippen molar-refractivity contribution < 1.29 is 14.1 Å². The molecule has 0 spiro atoms. The van der Waals surface area contributed by atoms with E-state index in [-0.39, 0.29) is 17.6 Å². The predicted octanol–water partition coefficient (Wildman–Crippen LogP) is 4.08. The lowest BCUT2D eigenvalue weighted by Crippen LogP contribution is -2.31. The highest BCUT2D eigenvalue weighted by atomic mass is 32.2. The molecule has 0 saturated heterocycles. The zero-order chi connectivity index (χ0) is 24.8. The molecule has 3 heterocycles. The van der Waals surface area contributed by atoms with Gasteiger partial charge in [-0.15, -0.1) is 0 Å². The molecule has 3 N–H and O–H groups in total. The summed E-state index contributed by atoms with van der Waals surface area (Å²) in [6.45, 7) is 3.50. The number of thioether (sulfide) groups is 1. The summed E-state index contributed by atoms with van der Waals surface area (Å²) >= 11 is 1.17. The quantitative estimate of drug-likeness (QED) is 0.455. The minimum atomic E-state index is -0.651. The number of nitrogens with zero attached hydrogens (tertiary/aromatic N) is 3. The molecule has 2 aromatic heterocycles. The van der Waals surface area contributed by atoms with Crippen LogP contribution in [-0.4, -0.2) is 27.7 Å². The van der Waals surface area contributed by atoms with E-state index < -0.39 is 5.92 Å². The van der Waals surface area contributed by atoms with Gasteiger partial charge in [-0.05, 0) is 37.6 Å². The monoisotopic (exact) mass is 486 g/mol. The highest BCUT2D eigenvalue weighted by Gasteiger charge is 2.35. The van der Waals surface area contributed by atoms with Crippen LogP contribution in [0.1, 0.15) is 24.2 Å². The maximum atomic E-state index is 13.4. The zero-order valence-electron chi connectivity index (χ0n) is 19.0. The summed E-state index contributed by atoms with van der Waals surface area (Å²) < 4.78 is 4.96. The van der Waals surface area contributed by atoms with Gasteiger partial charge >= 0.3 is 0 Å². The summed E-state index contributed by atoms with van der Waals surface area (Å²) in [5, 5.41) is 23.1. The molecule has 1 aliphatic rings. The number of pyridine rings is 1. The van der Waals surface area contributed by atoms with Crippen molar-refractivity contribution in [3.8, 4) is 6.07 Å². The molecule has 0 fully saturated rings. The average molecular weight is 487 g/mol. The number of carbonyl (C=O) groups excluding carboxylic acids is 2. The van der Waals surface area contributed by atoms with Crippen molar-refractivity contribution in [2.45, 2.75) is 19.8 Å². The molecular formula is C25H22N6O3S. The number of carbonyl (C=O) groups is 2. The Hall–Kier alpha value is -4.36. The summed E-state index contributed by atoms with van der Waals surface area (Å²) in [6, 6.07) is 16.5. The van der Waals surface area contributed by atoms with Crippen LogP contribution in [0.2, 0.25) is 0 Å². The van der Waals surface area contributed by atoms with Crippen LogP contribution in [-0.2, 0) is 9.59 Å². The van der Waals surface area contributed by atoms with E-state index >= 15 is 0 Å². The first-order chi connectivity index (χ1) is 17.0. The summed E-state index contributed by atoms with van der Waals surface area (Å²) in [5.74, 6) is -0.352. The van der Waals surface area contributed by atoms with Crippen LogP contribution in [0, 0.1) is 18.3 Å². The number of aromatic nitrogens is 2. The van der Waals surface area contributed by atoms with E-state index in [4.69, 9.17) is 4.52 Å². The normalized spacial score (nSPS) is 15.3. The predicted molar refractivity (Wildman–Crippen MR) is 133 cm³/mol. The lowest BCUT2D eigenvalue weighted by molar-refractivity contribution is -0.114. The molecule has 0 bridgehead atoms. The largest absolute Gasteiger partial charge is 0.360 e. The summed E-state index contributed by atoms with van der Waals surface area (Å²) in [7, 11) is 0. The van der Waals surface area contributed by atoms with Gasteiger partial charge in [0.15, 0.2) is 5.82 Å². The van der Waals surface area contributed by atoms with Gasteiger partial charge in [-0.3, -0.25) is 14.6 Å². The first-order valence-corrected chi connectivity index (χ1v) is 11.7. The molecule has 3 aromatic rings.